The molecular formula is C15H12FN3O. The van der Waals surface area contributed by atoms with E-state index in [2.05, 4.69) is 15.5 Å². The number of carbonyl (C=O) groups excluding carboxylic acids is 1. The van der Waals surface area contributed by atoms with Gasteiger partial charge >= 0.3 is 0 Å². The van der Waals surface area contributed by atoms with Crippen LogP contribution < -0.4 is 5.32 Å². The van der Waals surface area contributed by atoms with E-state index in [-0.39, 0.29) is 11.7 Å². The first-order valence-corrected chi connectivity index (χ1v) is 6.15. The zero-order chi connectivity index (χ0) is 14.1. The van der Waals surface area contributed by atoms with Crippen LogP contribution in [-0.4, -0.2) is 16.1 Å². The highest BCUT2D eigenvalue weighted by molar-refractivity contribution is 6.06. The predicted octanol–water partition coefficient (Wildman–Crippen LogP) is 3.26. The fraction of sp³-hybridized carbons (Fsp3) is 0.0667. The van der Waals surface area contributed by atoms with Crippen molar-refractivity contribution in [3.05, 3.63) is 59.5 Å². The molecular weight excluding hydrogens is 257 g/mol. The monoisotopic (exact) mass is 269 g/mol. The highest BCUT2D eigenvalue weighted by Gasteiger charge is 2.10. The molecule has 0 saturated carbocycles. The molecule has 5 heteroatoms. The average molecular weight is 269 g/mol. The first-order valence-electron chi connectivity index (χ1n) is 6.15. The van der Waals surface area contributed by atoms with E-state index < -0.39 is 0 Å². The van der Waals surface area contributed by atoms with Crippen molar-refractivity contribution in [2.45, 2.75) is 6.92 Å². The molecule has 0 aliphatic heterocycles. The van der Waals surface area contributed by atoms with Gasteiger partial charge in [-0.05, 0) is 31.2 Å². The van der Waals surface area contributed by atoms with Gasteiger partial charge in [0.2, 0.25) is 0 Å². The largest absolute Gasteiger partial charge is 0.322 e. The van der Waals surface area contributed by atoms with E-state index in [0.29, 0.717) is 16.8 Å². The Morgan fingerprint density at radius 1 is 1.30 bits per heavy atom. The van der Waals surface area contributed by atoms with Crippen LogP contribution >= 0.6 is 0 Å². The minimum absolute atomic E-state index is 0.282. The number of aromatic nitrogens is 2. The summed E-state index contributed by atoms with van der Waals surface area (Å²) in [5.41, 5.74) is 2.17. The third kappa shape index (κ3) is 2.14. The number of rotatable bonds is 2. The smallest absolute Gasteiger partial charge is 0.255 e. The van der Waals surface area contributed by atoms with Crippen molar-refractivity contribution in [2.75, 3.05) is 5.32 Å². The lowest BCUT2D eigenvalue weighted by atomic mass is 10.1. The van der Waals surface area contributed by atoms with Gasteiger partial charge in [-0.1, -0.05) is 12.1 Å². The zero-order valence-corrected chi connectivity index (χ0v) is 10.8. The second-order valence-corrected chi connectivity index (χ2v) is 4.54. The highest BCUT2D eigenvalue weighted by atomic mass is 19.1. The molecule has 4 nitrogen and oxygen atoms in total. The molecule has 0 bridgehead atoms. The van der Waals surface area contributed by atoms with E-state index in [1.54, 1.807) is 37.4 Å². The Hall–Kier alpha value is -2.69. The van der Waals surface area contributed by atoms with Crippen molar-refractivity contribution in [1.29, 1.82) is 0 Å². The van der Waals surface area contributed by atoms with Crippen LogP contribution in [0.5, 0.6) is 0 Å². The molecule has 0 atom stereocenters. The van der Waals surface area contributed by atoms with Gasteiger partial charge in [-0.2, -0.15) is 5.10 Å². The second kappa shape index (κ2) is 4.77. The fourth-order valence-corrected chi connectivity index (χ4v) is 2.02. The van der Waals surface area contributed by atoms with E-state index >= 15 is 0 Å². The van der Waals surface area contributed by atoms with Gasteiger partial charge in [0.15, 0.2) is 0 Å². The van der Waals surface area contributed by atoms with E-state index in [1.165, 1.54) is 6.07 Å². The van der Waals surface area contributed by atoms with Gasteiger partial charge in [0.25, 0.3) is 5.91 Å². The summed E-state index contributed by atoms with van der Waals surface area (Å²) in [5.74, 6) is -0.623. The van der Waals surface area contributed by atoms with Crippen LogP contribution in [0.3, 0.4) is 0 Å². The Kier molecular flexibility index (Phi) is 2.95. The van der Waals surface area contributed by atoms with Crippen molar-refractivity contribution >= 4 is 22.5 Å². The molecule has 3 rings (SSSR count). The second-order valence-electron chi connectivity index (χ2n) is 4.54. The van der Waals surface area contributed by atoms with Crippen LogP contribution in [0, 0.1) is 12.7 Å². The Morgan fingerprint density at radius 2 is 2.15 bits per heavy atom. The number of nitrogens with zero attached hydrogens (tertiary/aromatic N) is 1. The van der Waals surface area contributed by atoms with Gasteiger partial charge < -0.3 is 5.32 Å². The van der Waals surface area contributed by atoms with Gasteiger partial charge in [-0.25, -0.2) is 4.39 Å². The fourth-order valence-electron chi connectivity index (χ4n) is 2.02. The molecule has 0 spiro atoms. The summed E-state index contributed by atoms with van der Waals surface area (Å²) >= 11 is 0. The molecule has 0 aliphatic carbocycles. The Labute approximate surface area is 114 Å². The molecule has 1 aromatic heterocycles. The number of halogens is 1. The molecule has 0 unspecified atom stereocenters. The molecule has 3 aromatic rings. The van der Waals surface area contributed by atoms with Crippen molar-refractivity contribution < 1.29 is 9.18 Å². The topological polar surface area (TPSA) is 57.8 Å². The normalized spacial score (nSPS) is 10.7. The number of amides is 1. The first-order chi connectivity index (χ1) is 9.65. The van der Waals surface area contributed by atoms with Crippen molar-refractivity contribution in [1.82, 2.24) is 10.2 Å². The van der Waals surface area contributed by atoms with E-state index in [9.17, 15) is 9.18 Å². The van der Waals surface area contributed by atoms with Crippen LogP contribution in [0.1, 0.15) is 15.9 Å². The van der Waals surface area contributed by atoms with Crippen LogP contribution in [0.25, 0.3) is 10.9 Å². The third-order valence-corrected chi connectivity index (χ3v) is 3.22. The quantitative estimate of drug-likeness (QED) is 0.750. The number of H-pyrrole nitrogens is 1. The molecule has 0 radical (unpaired) electrons. The first kappa shape index (κ1) is 12.3. The lowest BCUT2D eigenvalue weighted by Crippen LogP contribution is -2.13. The van der Waals surface area contributed by atoms with Crippen LogP contribution in [0.2, 0.25) is 0 Å². The Balaban J connectivity index is 1.90. The number of fused-ring (bicyclic) bond motifs is 1. The molecule has 0 fully saturated rings. The molecule has 1 heterocycles. The number of hydrogen-bond acceptors (Lipinski definition) is 2. The third-order valence-electron chi connectivity index (χ3n) is 3.22. The van der Waals surface area contributed by atoms with Crippen molar-refractivity contribution in [2.24, 2.45) is 0 Å². The lowest BCUT2D eigenvalue weighted by Gasteiger charge is -2.08. The van der Waals surface area contributed by atoms with Crippen LogP contribution in [0.15, 0.2) is 42.6 Å². The number of carbonyl (C=O) groups is 1. The van der Waals surface area contributed by atoms with E-state index in [4.69, 9.17) is 0 Å². The molecule has 20 heavy (non-hydrogen) atoms. The molecule has 2 aromatic carbocycles. The lowest BCUT2D eigenvalue weighted by molar-refractivity contribution is 0.102. The summed E-state index contributed by atoms with van der Waals surface area (Å²) in [5, 5.41) is 10.4. The Bertz CT molecular complexity index is 795. The predicted molar refractivity (Wildman–Crippen MR) is 75.2 cm³/mol. The van der Waals surface area contributed by atoms with Gasteiger partial charge in [-0.3, -0.25) is 9.89 Å². The Morgan fingerprint density at radius 3 is 3.00 bits per heavy atom. The maximum absolute atomic E-state index is 13.4. The summed E-state index contributed by atoms with van der Waals surface area (Å²) in [4.78, 5) is 12.2. The summed E-state index contributed by atoms with van der Waals surface area (Å²) < 4.78 is 13.4. The van der Waals surface area contributed by atoms with Gasteiger partial charge in [0.1, 0.15) is 5.82 Å². The van der Waals surface area contributed by atoms with Crippen molar-refractivity contribution in [3.63, 3.8) is 0 Å². The van der Waals surface area contributed by atoms with E-state index in [0.717, 1.165) is 10.9 Å². The standard InChI is InChI=1S/C15H12FN3O/c1-9-12(16)3-2-4-13(9)18-15(20)10-5-6-11-8-17-19-14(11)7-10/h2-8H,1H3,(H,17,19)(H,18,20). The molecule has 2 N–H and O–H groups in total. The average Bonchev–Trinajstić information content (AvgIpc) is 2.91. The summed E-state index contributed by atoms with van der Waals surface area (Å²) in [7, 11) is 0. The number of nitrogens with one attached hydrogen (secondary N) is 2. The summed E-state index contributed by atoms with van der Waals surface area (Å²) in [6, 6.07) is 9.84. The zero-order valence-electron chi connectivity index (χ0n) is 10.8. The van der Waals surface area contributed by atoms with Gasteiger partial charge in [0.05, 0.1) is 11.7 Å². The van der Waals surface area contributed by atoms with Gasteiger partial charge in [-0.15, -0.1) is 0 Å². The van der Waals surface area contributed by atoms with Crippen LogP contribution in [-0.2, 0) is 0 Å². The van der Waals surface area contributed by atoms with Crippen LogP contribution in [0.4, 0.5) is 10.1 Å². The molecule has 0 saturated heterocycles. The van der Waals surface area contributed by atoms with Gasteiger partial charge in [0, 0.05) is 22.2 Å². The minimum atomic E-state index is -0.341. The summed E-state index contributed by atoms with van der Waals surface area (Å²) in [6.45, 7) is 1.63. The number of benzene rings is 2. The minimum Gasteiger partial charge on any atom is -0.322 e. The molecule has 100 valence electrons. The van der Waals surface area contributed by atoms with E-state index in [1.807, 2.05) is 6.07 Å². The highest BCUT2D eigenvalue weighted by Crippen LogP contribution is 2.19. The number of hydrogen-bond donors (Lipinski definition) is 2. The van der Waals surface area contributed by atoms with Crippen molar-refractivity contribution in [3.8, 4) is 0 Å². The SMILES string of the molecule is Cc1c(F)cccc1NC(=O)c1ccc2cn[nH]c2c1. The summed E-state index contributed by atoms with van der Waals surface area (Å²) in [6.07, 6.45) is 1.69. The number of aromatic amines is 1. The molecule has 1 amide bonds. The molecule has 0 aliphatic rings. The maximum Gasteiger partial charge on any atom is 0.255 e. The number of anilines is 1. The maximum atomic E-state index is 13.4.